The highest BCUT2D eigenvalue weighted by Crippen LogP contribution is 2.31. The normalized spacial score (nSPS) is 15.6. The minimum absolute atomic E-state index is 0.661. The van der Waals surface area contributed by atoms with Crippen LogP contribution in [0.3, 0.4) is 0 Å². The van der Waals surface area contributed by atoms with E-state index in [2.05, 4.69) is 47.2 Å². The zero-order valence-corrected chi connectivity index (χ0v) is 13.7. The highest BCUT2D eigenvalue weighted by molar-refractivity contribution is 5.64. The number of ether oxygens (including phenoxy) is 1. The van der Waals surface area contributed by atoms with Gasteiger partial charge in [0.05, 0.1) is 12.3 Å². The topological polar surface area (TPSA) is 41.7 Å². The molecule has 2 aromatic rings. The summed E-state index contributed by atoms with van der Waals surface area (Å²) in [5.41, 5.74) is 9.15. The van der Waals surface area contributed by atoms with E-state index >= 15 is 0 Å². The Morgan fingerprint density at radius 2 is 1.74 bits per heavy atom. The molecular formula is C19H25N3O. The summed E-state index contributed by atoms with van der Waals surface area (Å²) in [6.45, 7) is 4.86. The number of anilines is 2. The number of nitrogens with zero attached hydrogens (tertiary/aromatic N) is 2. The van der Waals surface area contributed by atoms with E-state index in [-0.39, 0.29) is 0 Å². The number of benzene rings is 2. The maximum absolute atomic E-state index is 6.07. The molecule has 0 spiro atoms. The van der Waals surface area contributed by atoms with E-state index in [4.69, 9.17) is 10.5 Å². The molecule has 0 aromatic heterocycles. The molecule has 1 saturated heterocycles. The second-order valence-corrected chi connectivity index (χ2v) is 6.10. The summed E-state index contributed by atoms with van der Waals surface area (Å²) in [5, 5.41) is 0. The van der Waals surface area contributed by atoms with Crippen LogP contribution in [0.4, 0.5) is 11.4 Å². The Hall–Kier alpha value is -2.20. The fourth-order valence-electron chi connectivity index (χ4n) is 2.88. The number of nitrogens with two attached hydrogens (primary N) is 1. The Morgan fingerprint density at radius 3 is 2.48 bits per heavy atom. The van der Waals surface area contributed by atoms with Crippen molar-refractivity contribution in [3.05, 3.63) is 54.1 Å². The Kier molecular flexibility index (Phi) is 5.03. The second-order valence-electron chi connectivity index (χ2n) is 6.10. The second kappa shape index (κ2) is 7.38. The number of hydrogen-bond donors (Lipinski definition) is 1. The van der Waals surface area contributed by atoms with Gasteiger partial charge in [-0.05, 0) is 24.7 Å². The van der Waals surface area contributed by atoms with Crippen molar-refractivity contribution in [3.8, 4) is 5.75 Å². The van der Waals surface area contributed by atoms with Crippen LogP contribution in [-0.4, -0.2) is 44.7 Å². The number of piperazine rings is 1. The molecule has 1 fully saturated rings. The van der Waals surface area contributed by atoms with Gasteiger partial charge in [0.2, 0.25) is 0 Å². The van der Waals surface area contributed by atoms with Crippen molar-refractivity contribution in [1.82, 2.24) is 4.90 Å². The number of nitrogen functional groups attached to an aromatic ring is 1. The molecule has 1 aliphatic heterocycles. The quantitative estimate of drug-likeness (QED) is 0.862. The Bertz CT molecular complexity index is 622. The van der Waals surface area contributed by atoms with E-state index in [9.17, 15) is 0 Å². The molecule has 3 rings (SSSR count). The summed E-state index contributed by atoms with van der Waals surface area (Å²) in [6.07, 6.45) is 0.901. The lowest BCUT2D eigenvalue weighted by atomic mass is 10.2. The van der Waals surface area contributed by atoms with Crippen LogP contribution in [0.5, 0.6) is 5.75 Å². The average molecular weight is 311 g/mol. The molecule has 2 aromatic carbocycles. The first-order chi connectivity index (χ1) is 11.2. The van der Waals surface area contributed by atoms with Crippen LogP contribution in [0.25, 0.3) is 0 Å². The molecule has 0 atom stereocenters. The van der Waals surface area contributed by atoms with Gasteiger partial charge in [0.25, 0.3) is 0 Å². The van der Waals surface area contributed by atoms with Crippen LogP contribution < -0.4 is 15.4 Å². The van der Waals surface area contributed by atoms with Gasteiger partial charge in [-0.1, -0.05) is 30.3 Å². The minimum Gasteiger partial charge on any atom is -0.491 e. The summed E-state index contributed by atoms with van der Waals surface area (Å²) in [5.74, 6) is 0.894. The van der Waals surface area contributed by atoms with Crippen LogP contribution in [-0.2, 0) is 6.42 Å². The number of likely N-dealkylation sites (N-methyl/N-ethyl adjacent to an activating group) is 1. The van der Waals surface area contributed by atoms with Crippen molar-refractivity contribution >= 4 is 11.4 Å². The van der Waals surface area contributed by atoms with E-state index < -0.39 is 0 Å². The molecule has 0 amide bonds. The van der Waals surface area contributed by atoms with Gasteiger partial charge in [-0.2, -0.15) is 0 Å². The molecule has 1 aliphatic rings. The van der Waals surface area contributed by atoms with Crippen LogP contribution in [0, 0.1) is 0 Å². The maximum Gasteiger partial charge on any atom is 0.144 e. The van der Waals surface area contributed by atoms with E-state index in [0.29, 0.717) is 6.61 Å². The first-order valence-corrected chi connectivity index (χ1v) is 8.22. The van der Waals surface area contributed by atoms with Crippen LogP contribution in [0.2, 0.25) is 0 Å². The Morgan fingerprint density at radius 1 is 1.00 bits per heavy atom. The Labute approximate surface area is 138 Å². The molecule has 4 heteroatoms. The summed E-state index contributed by atoms with van der Waals surface area (Å²) in [4.78, 5) is 4.74. The summed E-state index contributed by atoms with van der Waals surface area (Å²) >= 11 is 0. The largest absolute Gasteiger partial charge is 0.491 e. The van der Waals surface area contributed by atoms with Crippen molar-refractivity contribution in [1.29, 1.82) is 0 Å². The SMILES string of the molecule is CN1CCN(c2ccc(N)cc2OCCc2ccccc2)CC1. The van der Waals surface area contributed by atoms with Gasteiger partial charge in [0.1, 0.15) is 5.75 Å². The van der Waals surface area contributed by atoms with Crippen LogP contribution in [0.1, 0.15) is 5.56 Å². The van der Waals surface area contributed by atoms with E-state index in [0.717, 1.165) is 49.7 Å². The van der Waals surface area contributed by atoms with Crippen molar-refractivity contribution in [2.75, 3.05) is 50.5 Å². The van der Waals surface area contributed by atoms with Crippen molar-refractivity contribution in [2.24, 2.45) is 0 Å². The van der Waals surface area contributed by atoms with Gasteiger partial charge < -0.3 is 20.3 Å². The predicted molar refractivity (Wildman–Crippen MR) is 96.2 cm³/mol. The molecule has 1 heterocycles. The molecule has 23 heavy (non-hydrogen) atoms. The first kappa shape index (κ1) is 15.7. The van der Waals surface area contributed by atoms with Gasteiger partial charge >= 0.3 is 0 Å². The third kappa shape index (κ3) is 4.17. The lowest BCUT2D eigenvalue weighted by molar-refractivity contribution is 0.303. The number of hydrogen-bond acceptors (Lipinski definition) is 4. The summed E-state index contributed by atoms with van der Waals surface area (Å²) < 4.78 is 6.07. The van der Waals surface area contributed by atoms with Crippen molar-refractivity contribution in [3.63, 3.8) is 0 Å². The smallest absolute Gasteiger partial charge is 0.144 e. The lowest BCUT2D eigenvalue weighted by Gasteiger charge is -2.35. The predicted octanol–water partition coefficient (Wildman–Crippen LogP) is 2.64. The lowest BCUT2D eigenvalue weighted by Crippen LogP contribution is -2.44. The molecule has 0 aliphatic carbocycles. The molecular weight excluding hydrogens is 286 g/mol. The van der Waals surface area contributed by atoms with Gasteiger partial charge in [-0.15, -0.1) is 0 Å². The van der Waals surface area contributed by atoms with Crippen LogP contribution >= 0.6 is 0 Å². The van der Waals surface area contributed by atoms with Crippen molar-refractivity contribution in [2.45, 2.75) is 6.42 Å². The third-order valence-electron chi connectivity index (χ3n) is 4.32. The molecule has 2 N–H and O–H groups in total. The van der Waals surface area contributed by atoms with Gasteiger partial charge in [-0.3, -0.25) is 0 Å². The third-order valence-corrected chi connectivity index (χ3v) is 4.32. The molecule has 0 bridgehead atoms. The van der Waals surface area contributed by atoms with E-state index in [1.165, 1.54) is 5.56 Å². The van der Waals surface area contributed by atoms with Gasteiger partial charge in [0, 0.05) is 44.4 Å². The zero-order valence-electron chi connectivity index (χ0n) is 13.7. The molecule has 4 nitrogen and oxygen atoms in total. The molecule has 0 saturated carbocycles. The van der Waals surface area contributed by atoms with Crippen LogP contribution in [0.15, 0.2) is 48.5 Å². The van der Waals surface area contributed by atoms with E-state index in [1.54, 1.807) is 0 Å². The highest BCUT2D eigenvalue weighted by atomic mass is 16.5. The molecule has 0 unspecified atom stereocenters. The Balaban J connectivity index is 1.66. The monoisotopic (exact) mass is 311 g/mol. The fourth-order valence-corrected chi connectivity index (χ4v) is 2.88. The maximum atomic E-state index is 6.07. The zero-order chi connectivity index (χ0) is 16.1. The fraction of sp³-hybridized carbons (Fsp3) is 0.368. The molecule has 0 radical (unpaired) electrons. The van der Waals surface area contributed by atoms with Gasteiger partial charge in [0.15, 0.2) is 0 Å². The number of rotatable bonds is 5. The van der Waals surface area contributed by atoms with E-state index in [1.807, 2.05) is 18.2 Å². The van der Waals surface area contributed by atoms with Crippen molar-refractivity contribution < 1.29 is 4.74 Å². The first-order valence-electron chi connectivity index (χ1n) is 8.22. The molecule has 122 valence electrons. The standard InChI is InChI=1S/C19H25N3O/c1-21-10-12-22(13-11-21)18-8-7-17(20)15-19(18)23-14-9-16-5-3-2-4-6-16/h2-8,15H,9-14,20H2,1H3. The average Bonchev–Trinajstić information content (AvgIpc) is 2.57. The highest BCUT2D eigenvalue weighted by Gasteiger charge is 2.17. The summed E-state index contributed by atoms with van der Waals surface area (Å²) in [6, 6.07) is 16.4. The van der Waals surface area contributed by atoms with Gasteiger partial charge in [-0.25, -0.2) is 0 Å². The minimum atomic E-state index is 0.661. The summed E-state index contributed by atoms with van der Waals surface area (Å²) in [7, 11) is 2.16.